The van der Waals surface area contributed by atoms with Crippen LogP contribution >= 0.6 is 0 Å². The van der Waals surface area contributed by atoms with Crippen LogP contribution in [0.1, 0.15) is 58.6 Å². The molecule has 0 aliphatic carbocycles. The Bertz CT molecular complexity index is 473. The average molecular weight is 231 g/mol. The lowest BCUT2D eigenvalue weighted by atomic mass is 9.87. The standard InChI is InChI=1S/C14H21N3/c1-13(2,3)10-9-7-8-15-11(9)17-12(16-10)14(4,5)6/h8H,7H2,1-6H3. The molecule has 0 N–H and O–H groups in total. The van der Waals surface area contributed by atoms with E-state index >= 15 is 0 Å². The van der Waals surface area contributed by atoms with Crippen molar-refractivity contribution in [2.45, 2.75) is 58.8 Å². The number of fused-ring (bicyclic) bond motifs is 1. The van der Waals surface area contributed by atoms with Gasteiger partial charge in [-0.2, -0.15) is 0 Å². The number of rotatable bonds is 0. The number of aliphatic imine (C=N–C) groups is 1. The molecule has 2 heterocycles. The first kappa shape index (κ1) is 12.2. The van der Waals surface area contributed by atoms with E-state index in [1.54, 1.807) is 0 Å². The van der Waals surface area contributed by atoms with E-state index in [0.717, 1.165) is 23.8 Å². The van der Waals surface area contributed by atoms with Gasteiger partial charge in [0.15, 0.2) is 5.82 Å². The summed E-state index contributed by atoms with van der Waals surface area (Å²) in [4.78, 5) is 13.8. The van der Waals surface area contributed by atoms with Crippen molar-refractivity contribution in [3.05, 3.63) is 17.1 Å². The minimum atomic E-state index is -0.0346. The molecule has 1 aromatic heterocycles. The molecule has 0 bridgehead atoms. The Morgan fingerprint density at radius 1 is 0.941 bits per heavy atom. The Morgan fingerprint density at radius 2 is 1.59 bits per heavy atom. The fraction of sp³-hybridized carbons (Fsp3) is 0.643. The third-order valence-corrected chi connectivity index (χ3v) is 2.88. The van der Waals surface area contributed by atoms with Gasteiger partial charge in [0.1, 0.15) is 5.82 Å². The molecule has 0 saturated heterocycles. The van der Waals surface area contributed by atoms with Crippen LogP contribution in [0.5, 0.6) is 0 Å². The van der Waals surface area contributed by atoms with E-state index in [-0.39, 0.29) is 10.8 Å². The van der Waals surface area contributed by atoms with Gasteiger partial charge in [0, 0.05) is 29.0 Å². The highest BCUT2D eigenvalue weighted by molar-refractivity contribution is 5.74. The molecule has 0 radical (unpaired) electrons. The third kappa shape index (κ3) is 2.24. The lowest BCUT2D eigenvalue weighted by Gasteiger charge is -2.24. The van der Waals surface area contributed by atoms with Crippen LogP contribution in [-0.2, 0) is 17.3 Å². The highest BCUT2D eigenvalue weighted by atomic mass is 15.0. The molecule has 1 aliphatic heterocycles. The van der Waals surface area contributed by atoms with E-state index in [9.17, 15) is 0 Å². The van der Waals surface area contributed by atoms with E-state index in [1.165, 1.54) is 5.56 Å². The van der Waals surface area contributed by atoms with Crippen LogP contribution in [0.2, 0.25) is 0 Å². The molecule has 2 rings (SSSR count). The minimum absolute atomic E-state index is 0.0346. The molecule has 0 atom stereocenters. The van der Waals surface area contributed by atoms with Gasteiger partial charge in [-0.05, 0) is 0 Å². The molecule has 0 saturated carbocycles. The van der Waals surface area contributed by atoms with Gasteiger partial charge in [0.25, 0.3) is 0 Å². The van der Waals surface area contributed by atoms with Gasteiger partial charge in [0.2, 0.25) is 0 Å². The van der Waals surface area contributed by atoms with Gasteiger partial charge in [-0.3, -0.25) is 0 Å². The Morgan fingerprint density at radius 3 is 2.12 bits per heavy atom. The quantitative estimate of drug-likeness (QED) is 0.687. The molecule has 0 amide bonds. The van der Waals surface area contributed by atoms with Gasteiger partial charge in [0.05, 0.1) is 5.69 Å². The van der Waals surface area contributed by atoms with Crippen molar-refractivity contribution in [2.75, 3.05) is 0 Å². The summed E-state index contributed by atoms with van der Waals surface area (Å²) in [5.41, 5.74) is 2.35. The highest BCUT2D eigenvalue weighted by Gasteiger charge is 2.28. The van der Waals surface area contributed by atoms with Crippen LogP contribution in [0.4, 0.5) is 5.82 Å². The second-order valence-corrected chi connectivity index (χ2v) is 6.71. The molecule has 92 valence electrons. The van der Waals surface area contributed by atoms with E-state index in [4.69, 9.17) is 4.98 Å². The first-order valence-electron chi connectivity index (χ1n) is 6.14. The predicted molar refractivity (Wildman–Crippen MR) is 71.3 cm³/mol. The highest BCUT2D eigenvalue weighted by Crippen LogP contribution is 2.34. The number of hydrogen-bond donors (Lipinski definition) is 0. The molecule has 0 unspecified atom stereocenters. The maximum absolute atomic E-state index is 4.80. The van der Waals surface area contributed by atoms with Gasteiger partial charge >= 0.3 is 0 Å². The fourth-order valence-electron chi connectivity index (χ4n) is 1.95. The first-order valence-corrected chi connectivity index (χ1v) is 6.14. The minimum Gasteiger partial charge on any atom is -0.241 e. The largest absolute Gasteiger partial charge is 0.241 e. The molecule has 17 heavy (non-hydrogen) atoms. The van der Waals surface area contributed by atoms with E-state index in [1.807, 2.05) is 6.21 Å². The summed E-state index contributed by atoms with van der Waals surface area (Å²) in [6.07, 6.45) is 2.80. The van der Waals surface area contributed by atoms with Crippen molar-refractivity contribution >= 4 is 12.0 Å². The SMILES string of the molecule is CC(C)(C)c1nc2c(c(C(C)(C)C)n1)CC=N2. The molecule has 0 aromatic carbocycles. The fourth-order valence-corrected chi connectivity index (χ4v) is 1.95. The Hall–Kier alpha value is -1.25. The summed E-state index contributed by atoms with van der Waals surface area (Å²) in [5, 5.41) is 0. The van der Waals surface area contributed by atoms with Crippen LogP contribution in [-0.4, -0.2) is 16.2 Å². The monoisotopic (exact) mass is 231 g/mol. The summed E-state index contributed by atoms with van der Waals surface area (Å²) in [7, 11) is 0. The lowest BCUT2D eigenvalue weighted by Crippen LogP contribution is -2.23. The summed E-state index contributed by atoms with van der Waals surface area (Å²) < 4.78 is 0. The van der Waals surface area contributed by atoms with E-state index in [0.29, 0.717) is 0 Å². The van der Waals surface area contributed by atoms with Crippen molar-refractivity contribution < 1.29 is 0 Å². The summed E-state index contributed by atoms with van der Waals surface area (Å²) in [6, 6.07) is 0. The summed E-state index contributed by atoms with van der Waals surface area (Å²) in [6.45, 7) is 13.0. The molecule has 0 spiro atoms. The smallest absolute Gasteiger partial charge is 0.159 e. The summed E-state index contributed by atoms with van der Waals surface area (Å²) >= 11 is 0. The number of aromatic nitrogens is 2. The third-order valence-electron chi connectivity index (χ3n) is 2.88. The van der Waals surface area contributed by atoms with E-state index in [2.05, 4.69) is 51.5 Å². The van der Waals surface area contributed by atoms with Crippen molar-refractivity contribution in [1.29, 1.82) is 0 Å². The zero-order valence-corrected chi connectivity index (χ0v) is 11.6. The van der Waals surface area contributed by atoms with Crippen LogP contribution in [0.15, 0.2) is 4.99 Å². The first-order chi connectivity index (χ1) is 7.69. The maximum atomic E-state index is 4.80. The Balaban J connectivity index is 2.65. The molecular formula is C14H21N3. The van der Waals surface area contributed by atoms with Crippen LogP contribution < -0.4 is 0 Å². The Labute approximate surface area is 103 Å². The normalized spacial score (nSPS) is 15.2. The van der Waals surface area contributed by atoms with Gasteiger partial charge in [-0.25, -0.2) is 15.0 Å². The Kier molecular flexibility index (Phi) is 2.60. The zero-order valence-electron chi connectivity index (χ0n) is 11.6. The molecule has 3 nitrogen and oxygen atoms in total. The van der Waals surface area contributed by atoms with Crippen LogP contribution in [0, 0.1) is 0 Å². The zero-order chi connectivity index (χ0) is 12.8. The van der Waals surface area contributed by atoms with Crippen molar-refractivity contribution in [3.8, 4) is 0 Å². The molecule has 1 aromatic rings. The lowest BCUT2D eigenvalue weighted by molar-refractivity contribution is 0.511. The topological polar surface area (TPSA) is 38.1 Å². The second kappa shape index (κ2) is 3.62. The summed E-state index contributed by atoms with van der Waals surface area (Å²) in [5.74, 6) is 1.76. The predicted octanol–water partition coefficient (Wildman–Crippen LogP) is 3.33. The van der Waals surface area contributed by atoms with Crippen molar-refractivity contribution in [3.63, 3.8) is 0 Å². The van der Waals surface area contributed by atoms with Crippen LogP contribution in [0.25, 0.3) is 0 Å². The van der Waals surface area contributed by atoms with Crippen molar-refractivity contribution in [2.24, 2.45) is 4.99 Å². The molecular weight excluding hydrogens is 210 g/mol. The molecule has 3 heteroatoms. The van der Waals surface area contributed by atoms with Gasteiger partial charge in [-0.1, -0.05) is 41.5 Å². The maximum Gasteiger partial charge on any atom is 0.159 e. The number of hydrogen-bond acceptors (Lipinski definition) is 3. The molecule has 0 fully saturated rings. The second-order valence-electron chi connectivity index (χ2n) is 6.71. The van der Waals surface area contributed by atoms with Crippen molar-refractivity contribution in [1.82, 2.24) is 9.97 Å². The van der Waals surface area contributed by atoms with E-state index < -0.39 is 0 Å². The van der Waals surface area contributed by atoms with Gasteiger partial charge < -0.3 is 0 Å². The number of nitrogens with zero attached hydrogens (tertiary/aromatic N) is 3. The molecule has 1 aliphatic rings. The van der Waals surface area contributed by atoms with Gasteiger partial charge in [-0.15, -0.1) is 0 Å². The average Bonchev–Trinajstić information content (AvgIpc) is 2.59. The van der Waals surface area contributed by atoms with Crippen LogP contribution in [0.3, 0.4) is 0 Å².